The Morgan fingerprint density at radius 1 is 0.894 bits per heavy atom. The lowest BCUT2D eigenvalue weighted by Gasteiger charge is -2.43. The quantitative estimate of drug-likeness (QED) is 0.204. The van der Waals surface area contributed by atoms with Gasteiger partial charge in [0.1, 0.15) is 24.8 Å². The number of ether oxygens (including phenoxy) is 2. The Morgan fingerprint density at radius 3 is 1.96 bits per heavy atom. The number of hydrogen-bond donors (Lipinski definition) is 1. The number of aromatic nitrogens is 3. The van der Waals surface area contributed by atoms with Crippen LogP contribution < -0.4 is 21.4 Å². The molecule has 0 radical (unpaired) electrons. The number of amides is 1. The molecule has 0 unspecified atom stereocenters. The summed E-state index contributed by atoms with van der Waals surface area (Å²) < 4.78 is 20.9. The Balaban J connectivity index is 1.47. The van der Waals surface area contributed by atoms with E-state index in [4.69, 9.17) is 13.9 Å². The summed E-state index contributed by atoms with van der Waals surface area (Å²) in [6, 6.07) is 29.2. The number of rotatable bonds is 9. The first kappa shape index (κ1) is 33.9. The maximum Gasteiger partial charge on any atom is 0.354 e. The first-order chi connectivity index (χ1) is 22.3. The van der Waals surface area contributed by atoms with E-state index in [2.05, 4.69) is 60.3 Å². The zero-order valence-corrected chi connectivity index (χ0v) is 28.7. The predicted molar refractivity (Wildman–Crippen MR) is 182 cm³/mol. The molecule has 1 fully saturated rings. The molecule has 0 aliphatic carbocycles. The summed E-state index contributed by atoms with van der Waals surface area (Å²) in [5.41, 5.74) is -0.945. The molecule has 2 heterocycles. The van der Waals surface area contributed by atoms with E-state index >= 15 is 0 Å². The highest BCUT2D eigenvalue weighted by atomic mass is 28.4. The van der Waals surface area contributed by atoms with Gasteiger partial charge in [0.05, 0.1) is 12.2 Å². The molecule has 4 aromatic rings. The molecule has 3 aromatic carbocycles. The molecule has 0 spiro atoms. The molecule has 1 amide bonds. The van der Waals surface area contributed by atoms with Crippen molar-refractivity contribution in [3.63, 3.8) is 0 Å². The van der Waals surface area contributed by atoms with Gasteiger partial charge in [-0.2, -0.15) is 4.98 Å². The van der Waals surface area contributed by atoms with Gasteiger partial charge in [-0.15, -0.1) is 0 Å². The number of benzene rings is 3. The number of carbonyl (C=O) groups excluding carboxylic acids is 2. The highest BCUT2D eigenvalue weighted by Crippen LogP contribution is 2.38. The summed E-state index contributed by atoms with van der Waals surface area (Å²) in [7, 11) is -2.96. The normalized spacial score (nSPS) is 18.5. The molecule has 246 valence electrons. The number of nitrogens with zero attached hydrogens (tertiary/aromatic N) is 3. The Morgan fingerprint density at radius 2 is 1.45 bits per heavy atom. The second-order valence-electron chi connectivity index (χ2n) is 13.7. The molecule has 1 aromatic heterocycles. The number of nitrogens with one attached hydrogen (secondary N) is 1. The topological polar surface area (TPSA) is 122 Å². The first-order valence-corrected chi connectivity index (χ1v) is 17.6. The molecule has 11 heteroatoms. The van der Waals surface area contributed by atoms with Crippen molar-refractivity contribution in [1.29, 1.82) is 0 Å². The third-order valence-corrected chi connectivity index (χ3v) is 13.3. The predicted octanol–water partition coefficient (Wildman–Crippen LogP) is 4.71. The van der Waals surface area contributed by atoms with Crippen LogP contribution >= 0.6 is 0 Å². The maximum absolute atomic E-state index is 13.2. The van der Waals surface area contributed by atoms with Crippen molar-refractivity contribution < 1.29 is 23.5 Å². The van der Waals surface area contributed by atoms with Gasteiger partial charge in [0.15, 0.2) is 0 Å². The minimum absolute atomic E-state index is 0.0946. The minimum atomic E-state index is -2.96. The van der Waals surface area contributed by atoms with E-state index in [9.17, 15) is 14.4 Å². The fourth-order valence-corrected chi connectivity index (χ4v) is 10.4. The third kappa shape index (κ3) is 7.43. The Kier molecular flexibility index (Phi) is 9.90. The van der Waals surface area contributed by atoms with E-state index in [1.165, 1.54) is 10.9 Å². The smallest absolute Gasteiger partial charge is 0.354 e. The van der Waals surface area contributed by atoms with Crippen LogP contribution in [-0.4, -0.2) is 53.5 Å². The van der Waals surface area contributed by atoms with E-state index in [0.717, 1.165) is 10.4 Å². The molecule has 1 aliphatic rings. The van der Waals surface area contributed by atoms with Crippen LogP contribution in [0, 0.1) is 5.41 Å². The van der Waals surface area contributed by atoms with E-state index in [-0.39, 0.29) is 29.9 Å². The second-order valence-corrected chi connectivity index (χ2v) is 18.0. The van der Waals surface area contributed by atoms with Crippen LogP contribution in [0.15, 0.2) is 102 Å². The first-order valence-electron chi connectivity index (χ1n) is 15.7. The zero-order chi connectivity index (χ0) is 33.8. The van der Waals surface area contributed by atoms with Crippen molar-refractivity contribution in [3.8, 4) is 0 Å². The van der Waals surface area contributed by atoms with Crippen LogP contribution in [0.5, 0.6) is 0 Å². The summed E-state index contributed by atoms with van der Waals surface area (Å²) in [6.07, 6.45) is -0.819. The van der Waals surface area contributed by atoms with Gasteiger partial charge in [0.25, 0.3) is 8.32 Å². The third-order valence-electron chi connectivity index (χ3n) is 8.27. The molecule has 5 rings (SSSR count). The highest BCUT2D eigenvalue weighted by molar-refractivity contribution is 6.99. The number of esters is 1. The van der Waals surface area contributed by atoms with Crippen molar-refractivity contribution >= 4 is 36.5 Å². The lowest BCUT2D eigenvalue weighted by Crippen LogP contribution is -2.67. The summed E-state index contributed by atoms with van der Waals surface area (Å²) >= 11 is 0. The van der Waals surface area contributed by atoms with Gasteiger partial charge >= 0.3 is 11.7 Å². The van der Waals surface area contributed by atoms with Crippen LogP contribution in [0.3, 0.4) is 0 Å². The number of hydrogen-bond acceptors (Lipinski definition) is 8. The maximum atomic E-state index is 13.2. The van der Waals surface area contributed by atoms with Gasteiger partial charge in [-0.3, -0.25) is 14.7 Å². The van der Waals surface area contributed by atoms with E-state index in [0.29, 0.717) is 5.56 Å². The zero-order valence-electron chi connectivity index (χ0n) is 27.7. The minimum Gasteiger partial charge on any atom is -0.456 e. The fourth-order valence-electron chi connectivity index (χ4n) is 5.78. The molecule has 0 bridgehead atoms. The van der Waals surface area contributed by atoms with Crippen LogP contribution in [0.1, 0.15) is 64.5 Å². The standard InChI is InChI=1S/C36H42N4O6Si/c1-35(2,3)32(42)38-33-37-24-40(34(43)39-33)30-22-28(46-31(41)25-16-10-7-11-17-25)29(45-30)23-44-47(36(4,5)6,26-18-12-8-13-19-26)27-20-14-9-15-21-27/h7-21,24,28-30H,22-23H2,1-6H3,(H,38,39,42,43)/t28-,29+,30+/m0/s1. The second kappa shape index (κ2) is 13.7. The van der Waals surface area contributed by atoms with E-state index in [1.54, 1.807) is 45.0 Å². The van der Waals surface area contributed by atoms with Crippen molar-refractivity contribution in [3.05, 3.63) is 113 Å². The molecule has 0 saturated carbocycles. The van der Waals surface area contributed by atoms with E-state index < -0.39 is 43.8 Å². The van der Waals surface area contributed by atoms with Crippen LogP contribution in [0.25, 0.3) is 0 Å². The van der Waals surface area contributed by atoms with Crippen molar-refractivity contribution in [2.75, 3.05) is 11.9 Å². The Bertz CT molecular complexity index is 1700. The van der Waals surface area contributed by atoms with Gasteiger partial charge in [0, 0.05) is 11.8 Å². The molecule has 10 nitrogen and oxygen atoms in total. The molecule has 1 saturated heterocycles. The fraction of sp³-hybridized carbons (Fsp3) is 0.361. The average molecular weight is 655 g/mol. The van der Waals surface area contributed by atoms with Gasteiger partial charge in [-0.1, -0.05) is 120 Å². The van der Waals surface area contributed by atoms with Crippen molar-refractivity contribution in [2.45, 2.75) is 71.4 Å². The SMILES string of the molecule is CC(C)(C)C(=O)Nc1ncn([C@H]2C[C@H](OC(=O)c3ccccc3)[C@@H](CO[Si](c3ccccc3)(c3ccccc3)C(C)(C)C)O2)c(=O)n1. The monoisotopic (exact) mass is 654 g/mol. The summed E-state index contributed by atoms with van der Waals surface area (Å²) in [6.45, 7) is 11.9. The van der Waals surface area contributed by atoms with Crippen LogP contribution in [0.2, 0.25) is 5.04 Å². The molecular formula is C36H42N4O6Si. The van der Waals surface area contributed by atoms with Gasteiger partial charge in [-0.05, 0) is 27.5 Å². The average Bonchev–Trinajstić information content (AvgIpc) is 3.43. The largest absolute Gasteiger partial charge is 0.456 e. The van der Waals surface area contributed by atoms with Crippen LogP contribution in [-0.2, 0) is 18.7 Å². The molecule has 1 aliphatic heterocycles. The summed E-state index contributed by atoms with van der Waals surface area (Å²) in [5, 5.41) is 4.50. The molecule has 47 heavy (non-hydrogen) atoms. The molecule has 1 N–H and O–H groups in total. The molecular weight excluding hydrogens is 613 g/mol. The lowest BCUT2D eigenvalue weighted by molar-refractivity contribution is -0.123. The van der Waals surface area contributed by atoms with Crippen molar-refractivity contribution in [1.82, 2.24) is 14.5 Å². The molecule has 3 atom stereocenters. The van der Waals surface area contributed by atoms with Crippen LogP contribution in [0.4, 0.5) is 5.95 Å². The highest BCUT2D eigenvalue weighted by Gasteiger charge is 2.51. The lowest BCUT2D eigenvalue weighted by atomic mass is 9.96. The summed E-state index contributed by atoms with van der Waals surface area (Å²) in [5.74, 6) is -0.915. The van der Waals surface area contributed by atoms with Gasteiger partial charge in [0.2, 0.25) is 11.9 Å². The summed E-state index contributed by atoms with van der Waals surface area (Å²) in [4.78, 5) is 47.0. The van der Waals surface area contributed by atoms with E-state index in [1.807, 2.05) is 42.5 Å². The number of anilines is 1. The Hall–Kier alpha value is -4.45. The van der Waals surface area contributed by atoms with Gasteiger partial charge in [-0.25, -0.2) is 14.6 Å². The number of carbonyl (C=O) groups is 2. The van der Waals surface area contributed by atoms with Gasteiger partial charge < -0.3 is 13.9 Å². The van der Waals surface area contributed by atoms with Crippen molar-refractivity contribution in [2.24, 2.45) is 5.41 Å². The Labute approximate surface area is 276 Å².